The minimum absolute atomic E-state index is 0.0151. The first kappa shape index (κ1) is 16.0. The van der Waals surface area contributed by atoms with Gasteiger partial charge in [-0.1, -0.05) is 35.9 Å². The second-order valence-corrected chi connectivity index (χ2v) is 4.95. The van der Waals surface area contributed by atoms with Gasteiger partial charge in [0.1, 0.15) is 5.69 Å². The summed E-state index contributed by atoms with van der Waals surface area (Å²) in [5.41, 5.74) is 0.920. The Morgan fingerprint density at radius 2 is 1.95 bits per heavy atom. The summed E-state index contributed by atoms with van der Waals surface area (Å²) in [4.78, 5) is 27.8. The van der Waals surface area contributed by atoms with Crippen molar-refractivity contribution >= 4 is 23.5 Å². The van der Waals surface area contributed by atoms with Crippen LogP contribution in [0.25, 0.3) is 0 Å². The van der Waals surface area contributed by atoms with Gasteiger partial charge in [-0.05, 0) is 23.8 Å². The number of ether oxygens (including phenoxy) is 1. The van der Waals surface area contributed by atoms with Gasteiger partial charge < -0.3 is 10.1 Å². The highest BCUT2D eigenvalue weighted by atomic mass is 35.5. The van der Waals surface area contributed by atoms with Gasteiger partial charge in [0, 0.05) is 11.2 Å². The summed E-state index contributed by atoms with van der Waals surface area (Å²) in [7, 11) is 1.30. The summed E-state index contributed by atoms with van der Waals surface area (Å²) in [5, 5.41) is 3.24. The van der Waals surface area contributed by atoms with E-state index in [0.717, 1.165) is 0 Å². The van der Waals surface area contributed by atoms with Crippen LogP contribution in [-0.2, 0) is 9.53 Å². The zero-order valence-corrected chi connectivity index (χ0v) is 12.7. The normalized spacial score (nSPS) is 11.5. The molecule has 1 amide bonds. The van der Waals surface area contributed by atoms with Gasteiger partial charge in [0.15, 0.2) is 0 Å². The fourth-order valence-electron chi connectivity index (χ4n) is 1.98. The molecule has 1 aromatic heterocycles. The number of hydrogen-bond donors (Lipinski definition) is 1. The molecule has 0 aliphatic rings. The maximum atomic E-state index is 12.2. The Hall–Kier alpha value is -2.40. The maximum Gasteiger partial charge on any atom is 0.307 e. The Morgan fingerprint density at radius 1 is 1.23 bits per heavy atom. The number of nitrogens with zero attached hydrogens (tertiary/aromatic N) is 1. The molecule has 0 fully saturated rings. The molecule has 0 saturated heterocycles. The highest BCUT2D eigenvalue weighted by Gasteiger charge is 2.22. The van der Waals surface area contributed by atoms with Crippen LogP contribution < -0.4 is 5.32 Å². The van der Waals surface area contributed by atoms with Gasteiger partial charge >= 0.3 is 5.97 Å². The molecule has 0 unspecified atom stereocenters. The number of benzene rings is 1. The topological polar surface area (TPSA) is 68.3 Å². The molecule has 2 rings (SSSR count). The number of nitrogens with one attached hydrogen (secondary N) is 1. The number of rotatable bonds is 5. The van der Waals surface area contributed by atoms with E-state index in [1.807, 2.05) is 0 Å². The van der Waals surface area contributed by atoms with Crippen molar-refractivity contribution in [3.63, 3.8) is 0 Å². The van der Waals surface area contributed by atoms with Crippen LogP contribution in [0.5, 0.6) is 0 Å². The summed E-state index contributed by atoms with van der Waals surface area (Å²) in [6, 6.07) is 11.5. The number of esters is 1. The van der Waals surface area contributed by atoms with Crippen LogP contribution in [0.1, 0.15) is 28.5 Å². The molecule has 1 N–H and O–H groups in total. The predicted octanol–water partition coefficient (Wildman–Crippen LogP) is 2.77. The number of aromatic nitrogens is 1. The molecule has 0 spiro atoms. The molecule has 114 valence electrons. The van der Waals surface area contributed by atoms with Crippen molar-refractivity contribution in [3.05, 3.63) is 64.9 Å². The van der Waals surface area contributed by atoms with Gasteiger partial charge in [0.25, 0.3) is 5.91 Å². The monoisotopic (exact) mass is 318 g/mol. The summed E-state index contributed by atoms with van der Waals surface area (Å²) in [5.74, 6) is -0.819. The zero-order valence-electron chi connectivity index (χ0n) is 12.0. The molecular formula is C16H15ClN2O3. The van der Waals surface area contributed by atoms with E-state index in [9.17, 15) is 9.59 Å². The van der Waals surface area contributed by atoms with Crippen molar-refractivity contribution < 1.29 is 14.3 Å². The number of carbonyl (C=O) groups is 2. The van der Waals surface area contributed by atoms with Crippen molar-refractivity contribution in [1.82, 2.24) is 10.3 Å². The number of halogens is 1. The molecule has 0 radical (unpaired) electrons. The molecule has 5 nitrogen and oxygen atoms in total. The van der Waals surface area contributed by atoms with Gasteiger partial charge in [-0.15, -0.1) is 0 Å². The number of hydrogen-bond acceptors (Lipinski definition) is 4. The van der Waals surface area contributed by atoms with Crippen LogP contribution in [0.2, 0.25) is 5.02 Å². The molecule has 22 heavy (non-hydrogen) atoms. The van der Waals surface area contributed by atoms with E-state index in [0.29, 0.717) is 10.6 Å². The highest BCUT2D eigenvalue weighted by Crippen LogP contribution is 2.25. The first-order valence-electron chi connectivity index (χ1n) is 6.65. The largest absolute Gasteiger partial charge is 0.469 e. The van der Waals surface area contributed by atoms with Crippen molar-refractivity contribution in [1.29, 1.82) is 0 Å². The lowest BCUT2D eigenvalue weighted by Crippen LogP contribution is -2.31. The van der Waals surface area contributed by atoms with E-state index in [1.54, 1.807) is 42.5 Å². The average Bonchev–Trinajstić information content (AvgIpc) is 2.55. The fourth-order valence-corrected chi connectivity index (χ4v) is 2.24. The lowest BCUT2D eigenvalue weighted by atomic mass is 10.0. The molecule has 6 heteroatoms. The molecule has 0 aliphatic carbocycles. The van der Waals surface area contributed by atoms with Gasteiger partial charge in [-0.3, -0.25) is 14.6 Å². The summed E-state index contributed by atoms with van der Waals surface area (Å²) in [6.07, 6.45) is 1.51. The minimum atomic E-state index is -0.587. The third-order valence-electron chi connectivity index (χ3n) is 3.08. The van der Waals surface area contributed by atoms with Crippen LogP contribution in [0.4, 0.5) is 0 Å². The van der Waals surface area contributed by atoms with E-state index in [2.05, 4.69) is 15.0 Å². The summed E-state index contributed by atoms with van der Waals surface area (Å²) >= 11 is 6.16. The van der Waals surface area contributed by atoms with Crippen LogP contribution >= 0.6 is 11.6 Å². The molecular weight excluding hydrogens is 304 g/mol. The Kier molecular flexibility index (Phi) is 5.49. The molecule has 1 atom stereocenters. The lowest BCUT2D eigenvalue weighted by molar-refractivity contribution is -0.141. The highest BCUT2D eigenvalue weighted by molar-refractivity contribution is 6.31. The van der Waals surface area contributed by atoms with E-state index in [1.165, 1.54) is 13.3 Å². The molecule has 1 aromatic carbocycles. The first-order valence-corrected chi connectivity index (χ1v) is 7.02. The van der Waals surface area contributed by atoms with Gasteiger partial charge in [0.05, 0.1) is 19.6 Å². The van der Waals surface area contributed by atoms with E-state index >= 15 is 0 Å². The van der Waals surface area contributed by atoms with Crippen LogP contribution in [0.15, 0.2) is 48.7 Å². The average molecular weight is 319 g/mol. The van der Waals surface area contributed by atoms with E-state index in [4.69, 9.17) is 11.6 Å². The lowest BCUT2D eigenvalue weighted by Gasteiger charge is -2.19. The maximum absolute atomic E-state index is 12.2. The molecule has 1 heterocycles. The zero-order chi connectivity index (χ0) is 15.9. The van der Waals surface area contributed by atoms with Crippen LogP contribution in [0.3, 0.4) is 0 Å². The number of amides is 1. The number of methoxy groups -OCH3 is 1. The van der Waals surface area contributed by atoms with E-state index < -0.39 is 12.0 Å². The Balaban J connectivity index is 2.23. The Bertz CT molecular complexity index is 661. The summed E-state index contributed by atoms with van der Waals surface area (Å²) in [6.45, 7) is 0. The fraction of sp³-hybridized carbons (Fsp3) is 0.188. The van der Waals surface area contributed by atoms with Crippen molar-refractivity contribution in [2.45, 2.75) is 12.5 Å². The number of carbonyl (C=O) groups excluding carboxylic acids is 2. The smallest absolute Gasteiger partial charge is 0.307 e. The Morgan fingerprint density at radius 3 is 2.59 bits per heavy atom. The van der Waals surface area contributed by atoms with Crippen molar-refractivity contribution in [2.75, 3.05) is 7.11 Å². The van der Waals surface area contributed by atoms with Gasteiger partial charge in [-0.2, -0.15) is 0 Å². The molecule has 0 saturated carbocycles. The van der Waals surface area contributed by atoms with Crippen LogP contribution in [0, 0.1) is 0 Å². The van der Waals surface area contributed by atoms with Gasteiger partial charge in [-0.25, -0.2) is 0 Å². The second-order valence-electron chi connectivity index (χ2n) is 4.54. The Labute approximate surface area is 133 Å². The van der Waals surface area contributed by atoms with Crippen molar-refractivity contribution in [3.8, 4) is 0 Å². The van der Waals surface area contributed by atoms with E-state index in [-0.39, 0.29) is 18.0 Å². The minimum Gasteiger partial charge on any atom is -0.469 e. The molecule has 0 aliphatic heterocycles. The van der Waals surface area contributed by atoms with Crippen molar-refractivity contribution in [2.24, 2.45) is 0 Å². The standard InChI is InChI=1S/C16H15ClN2O3/c1-22-15(20)10-14(11-6-2-3-7-12(11)17)19-16(21)13-8-4-5-9-18-13/h2-9,14H,10H2,1H3,(H,19,21)/t14-/m1/s1. The summed E-state index contributed by atoms with van der Waals surface area (Å²) < 4.78 is 4.68. The second kappa shape index (κ2) is 7.56. The van der Waals surface area contributed by atoms with Crippen LogP contribution in [-0.4, -0.2) is 24.0 Å². The molecule has 2 aromatic rings. The molecule has 0 bridgehead atoms. The predicted molar refractivity (Wildman–Crippen MR) is 82.5 cm³/mol. The third kappa shape index (κ3) is 4.05. The number of pyridine rings is 1. The first-order chi connectivity index (χ1) is 10.6. The van der Waals surface area contributed by atoms with Gasteiger partial charge in [0.2, 0.25) is 0 Å². The third-order valence-corrected chi connectivity index (χ3v) is 3.43. The SMILES string of the molecule is COC(=O)C[C@@H](NC(=O)c1ccccn1)c1ccccc1Cl. The quantitative estimate of drug-likeness (QED) is 0.861.